The highest BCUT2D eigenvalue weighted by molar-refractivity contribution is 6.32. The second-order valence-corrected chi connectivity index (χ2v) is 6.25. The van der Waals surface area contributed by atoms with Crippen molar-refractivity contribution in [3.63, 3.8) is 0 Å². The molecule has 1 N–H and O–H groups in total. The zero-order valence-corrected chi connectivity index (χ0v) is 14.0. The normalized spacial score (nSPS) is 15.9. The third-order valence-corrected chi connectivity index (χ3v) is 4.55. The fourth-order valence-corrected chi connectivity index (χ4v) is 2.92. The molecular formula is C17H21ClN2O3. The molecule has 3 rings (SSSR count). The van der Waals surface area contributed by atoms with Gasteiger partial charge in [-0.2, -0.15) is 0 Å². The number of hydrogen-bond acceptors (Lipinski definition) is 4. The fourth-order valence-electron chi connectivity index (χ4n) is 2.75. The Morgan fingerprint density at radius 3 is 2.91 bits per heavy atom. The number of fused-ring (bicyclic) bond motifs is 1. The van der Waals surface area contributed by atoms with Crippen molar-refractivity contribution in [2.75, 3.05) is 39.4 Å². The summed E-state index contributed by atoms with van der Waals surface area (Å²) in [6.07, 6.45) is 1.94. The Hall–Kier alpha value is -1.56. The van der Waals surface area contributed by atoms with Crippen molar-refractivity contribution in [2.24, 2.45) is 0 Å². The molecule has 0 unspecified atom stereocenters. The summed E-state index contributed by atoms with van der Waals surface area (Å²) < 4.78 is 10.8. The van der Waals surface area contributed by atoms with Crippen LogP contribution in [0.3, 0.4) is 0 Å². The van der Waals surface area contributed by atoms with E-state index >= 15 is 0 Å². The summed E-state index contributed by atoms with van der Waals surface area (Å²) in [6, 6.07) is 3.77. The average Bonchev–Trinajstić information content (AvgIpc) is 2.91. The molecule has 1 aliphatic heterocycles. The summed E-state index contributed by atoms with van der Waals surface area (Å²) in [4.78, 5) is 14.4. The monoisotopic (exact) mass is 336 g/mol. The molecule has 2 aromatic rings. The van der Waals surface area contributed by atoms with E-state index in [0.29, 0.717) is 18.0 Å². The number of halogens is 1. The first-order valence-corrected chi connectivity index (χ1v) is 8.24. The molecule has 5 nitrogen and oxygen atoms in total. The van der Waals surface area contributed by atoms with E-state index < -0.39 is 0 Å². The second-order valence-electron chi connectivity index (χ2n) is 5.84. The average molecular weight is 337 g/mol. The van der Waals surface area contributed by atoms with Crippen LogP contribution >= 0.6 is 11.6 Å². The molecule has 1 saturated heterocycles. The Morgan fingerprint density at radius 1 is 1.35 bits per heavy atom. The quantitative estimate of drug-likeness (QED) is 0.911. The maximum Gasteiger partial charge on any atom is 0.224 e. The lowest BCUT2D eigenvalue weighted by atomic mass is 10.1. The summed E-state index contributed by atoms with van der Waals surface area (Å²) >= 11 is 6.16. The molecular weight excluding hydrogens is 316 g/mol. The van der Waals surface area contributed by atoms with Crippen molar-refractivity contribution in [3.8, 4) is 0 Å². The number of benzene rings is 1. The van der Waals surface area contributed by atoms with Crippen LogP contribution in [0.4, 0.5) is 0 Å². The summed E-state index contributed by atoms with van der Waals surface area (Å²) in [5.74, 6) is -0.00217. The molecule has 0 atom stereocenters. The second kappa shape index (κ2) is 7.34. The predicted octanol–water partition coefficient (Wildman–Crippen LogP) is 2.39. The lowest BCUT2D eigenvalue weighted by Crippen LogP contribution is -2.41. The Labute approximate surface area is 140 Å². The number of furan rings is 1. The van der Waals surface area contributed by atoms with Crippen molar-refractivity contribution < 1.29 is 13.9 Å². The van der Waals surface area contributed by atoms with Crippen molar-refractivity contribution in [1.29, 1.82) is 0 Å². The topological polar surface area (TPSA) is 54.7 Å². The number of hydrogen-bond donors (Lipinski definition) is 1. The smallest absolute Gasteiger partial charge is 0.224 e. The zero-order chi connectivity index (χ0) is 16.2. The molecule has 1 aromatic carbocycles. The highest BCUT2D eigenvalue weighted by Crippen LogP contribution is 2.27. The number of morpholine rings is 1. The first kappa shape index (κ1) is 16.3. The molecule has 0 radical (unpaired) electrons. The molecule has 1 aromatic heterocycles. The van der Waals surface area contributed by atoms with Gasteiger partial charge in [0, 0.05) is 42.2 Å². The summed E-state index contributed by atoms with van der Waals surface area (Å²) in [5, 5.41) is 4.56. The van der Waals surface area contributed by atoms with E-state index in [1.165, 1.54) is 0 Å². The van der Waals surface area contributed by atoms with Crippen molar-refractivity contribution >= 4 is 28.5 Å². The van der Waals surface area contributed by atoms with E-state index in [-0.39, 0.29) is 5.91 Å². The van der Waals surface area contributed by atoms with E-state index in [1.807, 2.05) is 19.1 Å². The van der Waals surface area contributed by atoms with Gasteiger partial charge in [0.05, 0.1) is 25.9 Å². The Morgan fingerprint density at radius 2 is 2.13 bits per heavy atom. The summed E-state index contributed by atoms with van der Waals surface area (Å²) in [7, 11) is 0. The van der Waals surface area contributed by atoms with E-state index in [0.717, 1.165) is 54.9 Å². The third kappa shape index (κ3) is 4.05. The minimum absolute atomic E-state index is 0.00217. The first-order chi connectivity index (χ1) is 11.1. The van der Waals surface area contributed by atoms with Gasteiger partial charge in [-0.05, 0) is 24.6 Å². The number of nitrogens with one attached hydrogen (secondary N) is 1. The van der Waals surface area contributed by atoms with Crippen LogP contribution in [0, 0.1) is 6.92 Å². The summed E-state index contributed by atoms with van der Waals surface area (Å²) in [5.41, 5.74) is 2.60. The lowest BCUT2D eigenvalue weighted by molar-refractivity contribution is -0.120. The molecule has 0 saturated carbocycles. The Balaban J connectivity index is 1.54. The molecule has 0 spiro atoms. The van der Waals surface area contributed by atoms with Crippen LogP contribution in [0.25, 0.3) is 11.0 Å². The van der Waals surface area contributed by atoms with Crippen LogP contribution in [-0.2, 0) is 16.0 Å². The van der Waals surface area contributed by atoms with E-state index in [4.69, 9.17) is 20.8 Å². The largest absolute Gasteiger partial charge is 0.464 e. The minimum atomic E-state index is -0.00217. The Kier molecular flexibility index (Phi) is 5.20. The molecule has 23 heavy (non-hydrogen) atoms. The van der Waals surface area contributed by atoms with Crippen LogP contribution < -0.4 is 5.32 Å². The van der Waals surface area contributed by atoms with Gasteiger partial charge in [0.1, 0.15) is 5.58 Å². The van der Waals surface area contributed by atoms with Crippen molar-refractivity contribution in [3.05, 3.63) is 34.5 Å². The van der Waals surface area contributed by atoms with E-state index in [1.54, 1.807) is 6.26 Å². The van der Waals surface area contributed by atoms with Gasteiger partial charge >= 0.3 is 0 Å². The van der Waals surface area contributed by atoms with Crippen molar-refractivity contribution in [2.45, 2.75) is 13.3 Å². The predicted molar refractivity (Wildman–Crippen MR) is 89.9 cm³/mol. The van der Waals surface area contributed by atoms with E-state index in [2.05, 4.69) is 10.2 Å². The molecule has 0 aliphatic carbocycles. The van der Waals surface area contributed by atoms with Crippen LogP contribution in [0.2, 0.25) is 5.02 Å². The number of amides is 1. The molecule has 0 bridgehead atoms. The van der Waals surface area contributed by atoms with Gasteiger partial charge in [-0.25, -0.2) is 0 Å². The molecule has 1 fully saturated rings. The third-order valence-electron chi connectivity index (χ3n) is 4.14. The van der Waals surface area contributed by atoms with Gasteiger partial charge in [0.25, 0.3) is 0 Å². The lowest BCUT2D eigenvalue weighted by Gasteiger charge is -2.26. The maximum atomic E-state index is 12.1. The molecule has 124 valence electrons. The van der Waals surface area contributed by atoms with Crippen molar-refractivity contribution in [1.82, 2.24) is 10.2 Å². The number of carbonyl (C=O) groups is 1. The fraction of sp³-hybridized carbons (Fsp3) is 0.471. The highest BCUT2D eigenvalue weighted by Gasteiger charge is 2.13. The minimum Gasteiger partial charge on any atom is -0.464 e. The zero-order valence-electron chi connectivity index (χ0n) is 13.2. The summed E-state index contributed by atoms with van der Waals surface area (Å²) in [6.45, 7) is 6.84. The highest BCUT2D eigenvalue weighted by atomic mass is 35.5. The number of ether oxygens (including phenoxy) is 1. The van der Waals surface area contributed by atoms with Gasteiger partial charge in [0.15, 0.2) is 0 Å². The first-order valence-electron chi connectivity index (χ1n) is 7.86. The van der Waals surface area contributed by atoms with Crippen LogP contribution in [0.5, 0.6) is 0 Å². The maximum absolute atomic E-state index is 12.1. The van der Waals surface area contributed by atoms with Crippen LogP contribution in [-0.4, -0.2) is 50.2 Å². The van der Waals surface area contributed by atoms with E-state index in [9.17, 15) is 4.79 Å². The van der Waals surface area contributed by atoms with Gasteiger partial charge < -0.3 is 14.5 Å². The molecule has 1 amide bonds. The molecule has 1 aliphatic rings. The van der Waals surface area contributed by atoms with Crippen LogP contribution in [0.1, 0.15) is 11.1 Å². The Bertz CT molecular complexity index is 692. The van der Waals surface area contributed by atoms with Gasteiger partial charge in [-0.15, -0.1) is 0 Å². The number of nitrogens with zero attached hydrogens (tertiary/aromatic N) is 1. The van der Waals surface area contributed by atoms with Gasteiger partial charge in [-0.1, -0.05) is 11.6 Å². The number of rotatable bonds is 5. The van der Waals surface area contributed by atoms with Gasteiger partial charge in [-0.3, -0.25) is 9.69 Å². The standard InChI is InChI=1S/C17H21ClN2O3/c1-12-8-16-14(10-15(12)18)13(11-23-16)9-17(21)19-2-3-20-4-6-22-7-5-20/h8,10-11H,2-7,9H2,1H3,(H,19,21). The number of carbonyl (C=O) groups excluding carboxylic acids is 1. The van der Waals surface area contributed by atoms with Crippen LogP contribution in [0.15, 0.2) is 22.8 Å². The molecule has 6 heteroatoms. The molecule has 2 heterocycles. The van der Waals surface area contributed by atoms with Gasteiger partial charge in [0.2, 0.25) is 5.91 Å². The SMILES string of the molecule is Cc1cc2occ(CC(=O)NCCN3CCOCC3)c2cc1Cl. The number of aryl methyl sites for hydroxylation is 1.